The smallest absolute Gasteiger partial charge is 0.338 e. The fourth-order valence-electron chi connectivity index (χ4n) is 6.49. The number of anilines is 2. The number of hydrogen-bond acceptors (Lipinski definition) is 9. The third-order valence-electron chi connectivity index (χ3n) is 9.55. The lowest BCUT2D eigenvalue weighted by molar-refractivity contribution is -0.245. The first-order valence-corrected chi connectivity index (χ1v) is 19.7. The Morgan fingerprint density at radius 3 is 2.27 bits per heavy atom. The number of carbonyl (C=O) groups is 3. The average molecular weight is 775 g/mol. The molecule has 290 valence electrons. The first kappa shape index (κ1) is 40.1. The van der Waals surface area contributed by atoms with Gasteiger partial charge < -0.3 is 36.1 Å². The van der Waals surface area contributed by atoms with Gasteiger partial charge in [0.25, 0.3) is 0 Å². The van der Waals surface area contributed by atoms with Gasteiger partial charge in [0.15, 0.2) is 6.29 Å². The first-order chi connectivity index (χ1) is 27.3. The highest BCUT2D eigenvalue weighted by Gasteiger charge is 2.32. The first-order valence-electron chi connectivity index (χ1n) is 18.7. The number of nitrogens with zero attached hydrogens (tertiary/aromatic N) is 1. The number of thioether (sulfide) groups is 1. The van der Waals surface area contributed by atoms with Crippen LogP contribution < -0.4 is 16.4 Å². The number of carboxylic acids is 1. The normalized spacial score (nSPS) is 16.6. The predicted octanol–water partition coefficient (Wildman–Crippen LogP) is 8.06. The predicted molar refractivity (Wildman–Crippen MR) is 217 cm³/mol. The van der Waals surface area contributed by atoms with Crippen molar-refractivity contribution in [1.29, 1.82) is 0 Å². The number of carbonyl (C=O) groups excluding carboxylic acids is 2. The molecule has 2 amide bonds. The SMILES string of the molecule is Nc1ccccc1NC(=O)CCCCCC(=O)NCc1ccccc1-c1ccc([C@H]2O[C@@H](CSc3ncccc3C(=O)O)C[C@@H](c3ccc(CO)cc3)O2)cc1. The van der Waals surface area contributed by atoms with Crippen LogP contribution in [0.2, 0.25) is 0 Å². The Balaban J connectivity index is 1.05. The van der Waals surface area contributed by atoms with E-state index in [1.54, 1.807) is 30.5 Å². The summed E-state index contributed by atoms with van der Waals surface area (Å²) in [6.45, 7) is 0.326. The Hall–Kier alpha value is -5.53. The second kappa shape index (κ2) is 19.9. The van der Waals surface area contributed by atoms with E-state index in [0.29, 0.717) is 60.8 Å². The van der Waals surface area contributed by atoms with E-state index >= 15 is 0 Å². The molecule has 11 nitrogen and oxygen atoms in total. The molecule has 6 rings (SSSR count). The maximum Gasteiger partial charge on any atom is 0.338 e. The van der Waals surface area contributed by atoms with E-state index in [-0.39, 0.29) is 36.2 Å². The van der Waals surface area contributed by atoms with Gasteiger partial charge in [0, 0.05) is 43.3 Å². The van der Waals surface area contributed by atoms with Crippen molar-refractivity contribution in [2.45, 2.75) is 75.2 Å². The summed E-state index contributed by atoms with van der Waals surface area (Å²) >= 11 is 1.34. The molecule has 0 unspecified atom stereocenters. The van der Waals surface area contributed by atoms with Crippen molar-refractivity contribution in [3.63, 3.8) is 0 Å². The fourth-order valence-corrected chi connectivity index (χ4v) is 7.50. The number of benzene rings is 4. The van der Waals surface area contributed by atoms with Crippen LogP contribution in [0.25, 0.3) is 11.1 Å². The minimum atomic E-state index is -1.03. The largest absolute Gasteiger partial charge is 0.478 e. The summed E-state index contributed by atoms with van der Waals surface area (Å²) in [5.74, 6) is -0.693. The summed E-state index contributed by atoms with van der Waals surface area (Å²) in [4.78, 5) is 41.1. The van der Waals surface area contributed by atoms with Crippen molar-refractivity contribution < 1.29 is 34.1 Å². The molecule has 3 atom stereocenters. The summed E-state index contributed by atoms with van der Waals surface area (Å²) in [5, 5.41) is 25.5. The number of aliphatic hydroxyl groups is 1. The highest BCUT2D eigenvalue weighted by Crippen LogP contribution is 2.40. The molecule has 1 aromatic heterocycles. The molecule has 56 heavy (non-hydrogen) atoms. The van der Waals surface area contributed by atoms with Gasteiger partial charge >= 0.3 is 5.97 Å². The van der Waals surface area contributed by atoms with Crippen LogP contribution in [0.5, 0.6) is 0 Å². The topological polar surface area (TPSA) is 173 Å². The Kier molecular flexibility index (Phi) is 14.2. The van der Waals surface area contributed by atoms with Crippen molar-refractivity contribution in [2.24, 2.45) is 0 Å². The van der Waals surface area contributed by atoms with Crippen molar-refractivity contribution in [1.82, 2.24) is 10.3 Å². The Morgan fingerprint density at radius 2 is 1.52 bits per heavy atom. The van der Waals surface area contributed by atoms with Crippen LogP contribution in [0.15, 0.2) is 120 Å². The van der Waals surface area contributed by atoms with E-state index in [1.165, 1.54) is 11.8 Å². The number of ether oxygens (including phenoxy) is 2. The number of nitrogen functional groups attached to an aromatic ring is 1. The summed E-state index contributed by atoms with van der Waals surface area (Å²) in [5.41, 5.74) is 12.7. The van der Waals surface area contributed by atoms with Crippen LogP contribution in [0.4, 0.5) is 11.4 Å². The van der Waals surface area contributed by atoms with Crippen LogP contribution in [0, 0.1) is 0 Å². The van der Waals surface area contributed by atoms with E-state index < -0.39 is 12.3 Å². The molecular weight excluding hydrogens is 729 g/mol. The van der Waals surface area contributed by atoms with E-state index in [2.05, 4.69) is 15.6 Å². The van der Waals surface area contributed by atoms with Crippen LogP contribution in [0.3, 0.4) is 0 Å². The zero-order valence-corrected chi connectivity index (χ0v) is 31.8. The molecule has 1 aliphatic heterocycles. The van der Waals surface area contributed by atoms with Gasteiger partial charge in [-0.2, -0.15) is 0 Å². The number of aliphatic hydroxyl groups excluding tert-OH is 1. The molecule has 0 radical (unpaired) electrons. The number of hydrogen-bond donors (Lipinski definition) is 5. The molecule has 1 saturated heterocycles. The molecule has 0 spiro atoms. The standard InChI is InChI=1S/C44H46N4O7S/c45-37-12-6-7-13-38(37)48-41(51)15-3-1-2-14-40(50)47-26-33-9-4-5-10-35(33)30-20-22-32(23-21-30)44-54-34(28-56-42-36(43(52)53)11-8-24-46-42)25-39(55-44)31-18-16-29(27-49)17-19-31/h4-13,16-24,34,39,44,49H,1-3,14-15,25-28,45H2,(H,47,50)(H,48,51)(H,52,53)/t34-,39+,44+/m1/s1. The lowest BCUT2D eigenvalue weighted by Crippen LogP contribution is -2.31. The van der Waals surface area contributed by atoms with Crippen molar-refractivity contribution in [3.05, 3.63) is 143 Å². The maximum atomic E-state index is 12.7. The maximum absolute atomic E-state index is 12.7. The number of nitrogens with two attached hydrogens (primary N) is 1. The Bertz CT molecular complexity index is 2090. The number of rotatable bonds is 17. The van der Waals surface area contributed by atoms with Crippen molar-refractivity contribution in [3.8, 4) is 11.1 Å². The molecule has 1 fully saturated rings. The van der Waals surface area contributed by atoms with Gasteiger partial charge in [-0.1, -0.05) is 91.3 Å². The molecule has 4 aromatic carbocycles. The third-order valence-corrected chi connectivity index (χ3v) is 10.7. The van der Waals surface area contributed by atoms with E-state index in [4.69, 9.17) is 15.2 Å². The summed E-state index contributed by atoms with van der Waals surface area (Å²) < 4.78 is 13.0. The highest BCUT2D eigenvalue weighted by atomic mass is 32.2. The van der Waals surface area contributed by atoms with Gasteiger partial charge in [0.05, 0.1) is 35.8 Å². The lowest BCUT2D eigenvalue weighted by atomic mass is 9.97. The minimum absolute atomic E-state index is 0.0428. The van der Waals surface area contributed by atoms with Crippen LogP contribution in [-0.4, -0.2) is 44.8 Å². The monoisotopic (exact) mass is 774 g/mol. The number of para-hydroxylation sites is 2. The highest BCUT2D eigenvalue weighted by molar-refractivity contribution is 7.99. The molecule has 0 bridgehead atoms. The third kappa shape index (κ3) is 11.0. The number of amides is 2. The van der Waals surface area contributed by atoms with Gasteiger partial charge in [-0.15, -0.1) is 11.8 Å². The number of carboxylic acid groups (broad SMARTS) is 1. The van der Waals surface area contributed by atoms with Gasteiger partial charge in [-0.25, -0.2) is 9.78 Å². The molecule has 1 aliphatic rings. The number of aromatic carboxylic acids is 1. The molecule has 0 aliphatic carbocycles. The van der Waals surface area contributed by atoms with Gasteiger partial charge in [-0.05, 0) is 64.9 Å². The second-order valence-corrected chi connectivity index (χ2v) is 14.6. The van der Waals surface area contributed by atoms with Crippen LogP contribution in [-0.2, 0) is 32.2 Å². The van der Waals surface area contributed by atoms with Gasteiger partial charge in [0.2, 0.25) is 11.8 Å². The zero-order chi connectivity index (χ0) is 39.3. The summed E-state index contributed by atoms with van der Waals surface area (Å²) in [6.07, 6.45) is 3.75. The number of unbranched alkanes of at least 4 members (excludes halogenated alkanes) is 2. The Labute approximate surface area is 330 Å². The molecule has 12 heteroatoms. The summed E-state index contributed by atoms with van der Waals surface area (Å²) in [7, 11) is 0. The molecule has 6 N–H and O–H groups in total. The average Bonchev–Trinajstić information content (AvgIpc) is 3.23. The zero-order valence-electron chi connectivity index (χ0n) is 30.9. The minimum Gasteiger partial charge on any atom is -0.478 e. The number of nitrogens with one attached hydrogen (secondary N) is 2. The fraction of sp³-hybridized carbons (Fsp3) is 0.273. The van der Waals surface area contributed by atoms with Gasteiger partial charge in [-0.3, -0.25) is 9.59 Å². The molecule has 5 aromatic rings. The van der Waals surface area contributed by atoms with Gasteiger partial charge in [0.1, 0.15) is 5.03 Å². The van der Waals surface area contributed by atoms with Crippen molar-refractivity contribution in [2.75, 3.05) is 16.8 Å². The number of aromatic nitrogens is 1. The van der Waals surface area contributed by atoms with Crippen molar-refractivity contribution >= 4 is 40.9 Å². The van der Waals surface area contributed by atoms with E-state index in [9.17, 15) is 24.6 Å². The molecular formula is C44H46N4O7S. The molecule has 2 heterocycles. The number of pyridine rings is 1. The molecule has 0 saturated carbocycles. The van der Waals surface area contributed by atoms with Crippen LogP contribution in [0.1, 0.15) is 83.5 Å². The Morgan fingerprint density at radius 1 is 0.804 bits per heavy atom. The van der Waals surface area contributed by atoms with Crippen LogP contribution >= 0.6 is 11.8 Å². The second-order valence-electron chi connectivity index (χ2n) is 13.6. The van der Waals surface area contributed by atoms with E-state index in [0.717, 1.165) is 39.8 Å². The quantitative estimate of drug-likeness (QED) is 0.0353. The lowest BCUT2D eigenvalue weighted by Gasteiger charge is -2.36. The van der Waals surface area contributed by atoms with E-state index in [1.807, 2.05) is 84.9 Å². The summed E-state index contributed by atoms with van der Waals surface area (Å²) in [6, 6.07) is 33.9.